The van der Waals surface area contributed by atoms with E-state index in [1.165, 1.54) is 0 Å². The fourth-order valence-electron chi connectivity index (χ4n) is 11.3. The first-order chi connectivity index (χ1) is 47.8. The van der Waals surface area contributed by atoms with Crippen molar-refractivity contribution in [1.82, 2.24) is 46.4 Å². The molecule has 8 amide bonds. The number of fused-ring (bicyclic) bond motifs is 5. The monoisotopic (exact) mass is 1380 g/mol. The van der Waals surface area contributed by atoms with Gasteiger partial charge in [0.25, 0.3) is 5.56 Å². The predicted molar refractivity (Wildman–Crippen MR) is 364 cm³/mol. The van der Waals surface area contributed by atoms with Gasteiger partial charge in [0.05, 0.1) is 88.5 Å². The van der Waals surface area contributed by atoms with Gasteiger partial charge in [-0.15, -0.1) is 5.92 Å². The van der Waals surface area contributed by atoms with Crippen LogP contribution in [0.1, 0.15) is 120 Å². The zero-order chi connectivity index (χ0) is 71.1. The number of carbonyl (C=O) groups excluding carboxylic acids is 8. The number of hydrogen-bond acceptors (Lipinski definition) is 20. The van der Waals surface area contributed by atoms with E-state index >= 15 is 0 Å². The lowest BCUT2D eigenvalue weighted by molar-refractivity contribution is -0.172. The van der Waals surface area contributed by atoms with Gasteiger partial charge in [-0.3, -0.25) is 33.7 Å². The second-order valence-electron chi connectivity index (χ2n) is 24.7. The van der Waals surface area contributed by atoms with Gasteiger partial charge in [0.15, 0.2) is 5.60 Å². The maximum atomic E-state index is 13.9. The van der Waals surface area contributed by atoms with Crippen molar-refractivity contribution in [3.05, 3.63) is 92.8 Å². The number of nitrogens with zero attached hydrogens (tertiary/aromatic N) is 3. The number of carbonyl (C=O) groups is 8. The molecule has 7 rings (SSSR count). The van der Waals surface area contributed by atoms with E-state index in [1.807, 2.05) is 24.3 Å². The summed E-state index contributed by atoms with van der Waals surface area (Å²) in [6.07, 6.45) is 4.92. The number of cyclic esters (lactones) is 1. The van der Waals surface area contributed by atoms with Crippen LogP contribution in [0, 0.1) is 17.8 Å². The highest BCUT2D eigenvalue weighted by molar-refractivity contribution is 5.98. The number of amides is 8. The molecule has 0 saturated heterocycles. The number of esters is 1. The molecule has 4 aromatic rings. The second-order valence-corrected chi connectivity index (χ2v) is 24.7. The summed E-state index contributed by atoms with van der Waals surface area (Å²) in [7, 11) is 0. The van der Waals surface area contributed by atoms with E-state index in [0.717, 1.165) is 54.1 Å². The number of nitrogens with one attached hydrogen (secondary N) is 7. The zero-order valence-corrected chi connectivity index (χ0v) is 57.4. The van der Waals surface area contributed by atoms with Gasteiger partial charge in [-0.25, -0.2) is 19.4 Å². The van der Waals surface area contributed by atoms with Crippen molar-refractivity contribution >= 4 is 64.2 Å². The van der Waals surface area contributed by atoms with Crippen LogP contribution in [0.4, 0.5) is 15.3 Å². The molecule has 0 radical (unpaired) electrons. The molecule has 0 bridgehead atoms. The lowest BCUT2D eigenvalue weighted by Crippen LogP contribution is -2.54. The highest BCUT2D eigenvalue weighted by Crippen LogP contribution is 2.40. The molecule has 0 spiro atoms. The van der Waals surface area contributed by atoms with Gasteiger partial charge in [0.2, 0.25) is 29.5 Å². The molecule has 29 nitrogen and oxygen atoms in total. The Kier molecular flexibility index (Phi) is 31.8. The fourth-order valence-corrected chi connectivity index (χ4v) is 11.3. The molecule has 4 atom stereocenters. The minimum Gasteiger partial charge on any atom is -0.458 e. The molecule has 2 aromatic heterocycles. The molecule has 0 fully saturated rings. The van der Waals surface area contributed by atoms with Crippen LogP contribution in [0.2, 0.25) is 0 Å². The molecular weight excluding hydrogens is 1280 g/mol. The number of alkyl carbamates (subject to hydrolysis) is 1. The second kappa shape index (κ2) is 40.5. The van der Waals surface area contributed by atoms with Crippen LogP contribution in [-0.4, -0.2) is 197 Å². The summed E-state index contributed by atoms with van der Waals surface area (Å²) in [5.41, 5.74) is 8.27. The Bertz CT molecular complexity index is 3500. The van der Waals surface area contributed by atoms with Gasteiger partial charge >= 0.3 is 18.1 Å². The normalized spacial score (nSPS) is 16.0. The first-order valence-electron chi connectivity index (χ1n) is 34.0. The zero-order valence-electron chi connectivity index (χ0n) is 57.4. The molecule has 0 saturated carbocycles. The number of pyridine rings is 2. The number of urea groups is 1. The number of para-hydroxylation sites is 1. The van der Waals surface area contributed by atoms with Crippen molar-refractivity contribution < 1.29 is 81.4 Å². The van der Waals surface area contributed by atoms with Crippen LogP contribution in [0.5, 0.6) is 0 Å². The molecule has 2 aromatic carbocycles. The molecular formula is C70H97N11O18. The summed E-state index contributed by atoms with van der Waals surface area (Å²) in [6, 6.07) is 13.2. The lowest BCUT2D eigenvalue weighted by Gasteiger charge is -2.31. The van der Waals surface area contributed by atoms with E-state index in [-0.39, 0.29) is 139 Å². The smallest absolute Gasteiger partial charge is 0.407 e. The predicted octanol–water partition coefficient (Wildman–Crippen LogP) is 3.29. The van der Waals surface area contributed by atoms with Crippen molar-refractivity contribution in [2.24, 2.45) is 11.7 Å². The van der Waals surface area contributed by atoms with Crippen LogP contribution in [0.3, 0.4) is 0 Å². The van der Waals surface area contributed by atoms with Crippen molar-refractivity contribution in [1.29, 1.82) is 0 Å². The van der Waals surface area contributed by atoms with Crippen molar-refractivity contribution in [3.63, 3.8) is 0 Å². The molecule has 10 N–H and O–H groups in total. The number of aromatic nitrogens is 2. The summed E-state index contributed by atoms with van der Waals surface area (Å²) in [4.78, 5) is 123. The summed E-state index contributed by atoms with van der Waals surface area (Å²) in [5.74, 6) is 2.70. The van der Waals surface area contributed by atoms with Crippen LogP contribution in [0.15, 0.2) is 59.4 Å². The van der Waals surface area contributed by atoms with E-state index in [4.69, 9.17) is 48.6 Å². The quantitative estimate of drug-likeness (QED) is 0.0117. The number of hydrogen-bond donors (Lipinski definition) is 9. The molecule has 29 heteroatoms. The summed E-state index contributed by atoms with van der Waals surface area (Å²) < 4.78 is 45.8. The van der Waals surface area contributed by atoms with E-state index < -0.39 is 59.4 Å². The maximum Gasteiger partial charge on any atom is 0.407 e. The van der Waals surface area contributed by atoms with Crippen LogP contribution in [0.25, 0.3) is 22.3 Å². The Labute approximate surface area is 576 Å². The average molecular weight is 1380 g/mol. The highest BCUT2D eigenvalue weighted by Gasteiger charge is 2.45. The van der Waals surface area contributed by atoms with Crippen molar-refractivity contribution in [2.75, 3.05) is 111 Å². The van der Waals surface area contributed by atoms with E-state index in [1.54, 1.807) is 55.7 Å². The van der Waals surface area contributed by atoms with E-state index in [2.05, 4.69) is 67.8 Å². The van der Waals surface area contributed by atoms with Crippen LogP contribution < -0.4 is 48.5 Å². The fraction of sp³-hybridized carbons (Fsp3) is 0.571. The Morgan fingerprint density at radius 2 is 1.52 bits per heavy atom. The number of nitrogens with two attached hydrogens (primary N) is 1. The van der Waals surface area contributed by atoms with Crippen LogP contribution in [-0.2, 0) is 98.4 Å². The first kappa shape index (κ1) is 77.7. The third-order valence-corrected chi connectivity index (χ3v) is 16.9. The first-order valence-corrected chi connectivity index (χ1v) is 34.0. The minimum absolute atomic E-state index is 0.0342. The third-order valence-electron chi connectivity index (χ3n) is 16.9. The highest BCUT2D eigenvalue weighted by atomic mass is 16.6. The average Bonchev–Trinajstić information content (AvgIpc) is 1.61. The van der Waals surface area contributed by atoms with Crippen molar-refractivity contribution in [2.45, 2.75) is 148 Å². The SMILES string of the molecule is CC[C@@]1(O)C(=O)OCc2c1cc1n(c2=O)Cc2c-1nc1ccccc1c2CCN(CCOCNC(=O)CNC(=O)OCc1ccc(NC(=O)[C@H](CCCNC(N)=O)NC(=O)[C@@H](NC(=O)CCOCCOCCOCCOCCNC(=O)COC2C#CCCCCC2)C(C)C)cc1)C(C)C. The summed E-state index contributed by atoms with van der Waals surface area (Å²) >= 11 is 0. The molecule has 99 heavy (non-hydrogen) atoms. The third kappa shape index (κ3) is 24.4. The summed E-state index contributed by atoms with van der Waals surface area (Å²) in [6.45, 7) is 12.8. The molecule has 4 heterocycles. The number of anilines is 1. The Hall–Kier alpha value is -8.60. The van der Waals surface area contributed by atoms with Gasteiger partial charge in [-0.05, 0) is 100 Å². The largest absolute Gasteiger partial charge is 0.458 e. The van der Waals surface area contributed by atoms with E-state index in [9.17, 15) is 48.3 Å². The molecule has 1 aliphatic carbocycles. The van der Waals surface area contributed by atoms with Gasteiger partial charge in [0.1, 0.15) is 51.3 Å². The van der Waals surface area contributed by atoms with Crippen molar-refractivity contribution in [3.8, 4) is 23.2 Å². The molecule has 1 unspecified atom stereocenters. The molecule has 3 aliphatic rings. The van der Waals surface area contributed by atoms with Gasteiger partial charge in [0, 0.05) is 67.3 Å². The van der Waals surface area contributed by atoms with E-state index in [0.29, 0.717) is 81.7 Å². The van der Waals surface area contributed by atoms with Gasteiger partial charge < -0.3 is 90.5 Å². The number of rotatable bonds is 42. The minimum atomic E-state index is -1.94. The standard InChI is InChI=1S/C70H97N11O18/c1-6-70(91)55-39-58-63-53(41-81(58)66(87)54(55)43-98-67(70)88)51(52-17-12-13-18-56(52)77-63)24-28-80(47(4)5)29-32-96-45-75-60(83)40-74-69(90)99-42-48-20-22-49(23-21-48)76-64(85)57(19-14-26-73-68(71)89)78-65(86)62(46(2)3)79-59(82)25-30-92-33-35-94-37-38-95-36-34-93-31-27-72-61(84)44-97-50-15-10-8-7-9-11-16-50/h12-13,17-18,20-23,39,46-47,50,57,62,91H,6-10,14-15,19,24-38,40-45H2,1-5H3,(H,72,84)(H,74,90)(H,75,83)(H,76,85)(H,78,86)(H,79,82)(H3,71,73,89)/t50?,57-,62-,70-/m0/s1. The topological polar surface area (TPSA) is 379 Å². The number of aliphatic hydroxyl groups is 1. The molecule has 2 aliphatic heterocycles. The Morgan fingerprint density at radius 1 is 0.788 bits per heavy atom. The number of primary amides is 1. The van der Waals surface area contributed by atoms with Crippen LogP contribution >= 0.6 is 0 Å². The van der Waals surface area contributed by atoms with Gasteiger partial charge in [-0.2, -0.15) is 0 Å². The lowest BCUT2D eigenvalue weighted by atomic mass is 9.86. The molecule has 540 valence electrons. The Morgan fingerprint density at radius 3 is 2.23 bits per heavy atom. The maximum absolute atomic E-state index is 13.9. The van der Waals surface area contributed by atoms with Gasteiger partial charge in [-0.1, -0.05) is 63.4 Å². The number of benzene rings is 2. The number of ether oxygens (including phenoxy) is 8. The summed E-state index contributed by atoms with van der Waals surface area (Å²) in [5, 5.41) is 30.9. The Balaban J connectivity index is 0.748.